The molecule has 4 heteroatoms. The van der Waals surface area contributed by atoms with Crippen LogP contribution < -0.4 is 10.6 Å². The summed E-state index contributed by atoms with van der Waals surface area (Å²) in [6.45, 7) is 10.8. The van der Waals surface area contributed by atoms with Gasteiger partial charge in [-0.15, -0.1) is 0 Å². The Balaban J connectivity index is 1.48. The Bertz CT molecular complexity index is 589. The summed E-state index contributed by atoms with van der Waals surface area (Å²) >= 11 is 0. The molecule has 1 amide bonds. The zero-order chi connectivity index (χ0) is 19.1. The molecule has 1 unspecified atom stereocenters. The van der Waals surface area contributed by atoms with E-state index in [1.807, 2.05) is 0 Å². The van der Waals surface area contributed by atoms with Gasteiger partial charge in [0.05, 0.1) is 0 Å². The van der Waals surface area contributed by atoms with Gasteiger partial charge in [0.15, 0.2) is 0 Å². The molecule has 1 aromatic carbocycles. The Labute approximate surface area is 165 Å². The lowest BCUT2D eigenvalue weighted by Crippen LogP contribution is -2.34. The SMILES string of the molecule is CC1CCN(Cc2ccccc2CNC(=O)CC(C)C2CCNCC2)CC1. The largest absolute Gasteiger partial charge is 0.352 e. The number of likely N-dealkylation sites (tertiary alicyclic amines) is 1. The van der Waals surface area contributed by atoms with Crippen LogP contribution in [-0.4, -0.2) is 37.0 Å². The van der Waals surface area contributed by atoms with Crippen molar-refractivity contribution in [3.8, 4) is 0 Å². The summed E-state index contributed by atoms with van der Waals surface area (Å²) < 4.78 is 0. The van der Waals surface area contributed by atoms with Crippen LogP contribution in [0.3, 0.4) is 0 Å². The van der Waals surface area contributed by atoms with Crippen molar-refractivity contribution < 1.29 is 4.79 Å². The van der Waals surface area contributed by atoms with Gasteiger partial charge in [0, 0.05) is 19.5 Å². The van der Waals surface area contributed by atoms with Crippen LogP contribution >= 0.6 is 0 Å². The average molecular weight is 372 g/mol. The fourth-order valence-corrected chi connectivity index (χ4v) is 4.48. The highest BCUT2D eigenvalue weighted by atomic mass is 16.1. The average Bonchev–Trinajstić information content (AvgIpc) is 2.69. The molecule has 2 heterocycles. The van der Waals surface area contributed by atoms with Crippen LogP contribution in [0.25, 0.3) is 0 Å². The Hall–Kier alpha value is -1.39. The highest BCUT2D eigenvalue weighted by molar-refractivity contribution is 5.76. The molecule has 2 aliphatic rings. The van der Waals surface area contributed by atoms with Crippen molar-refractivity contribution in [3.63, 3.8) is 0 Å². The predicted molar refractivity (Wildman–Crippen MR) is 111 cm³/mol. The molecule has 0 aromatic heterocycles. The fraction of sp³-hybridized carbons (Fsp3) is 0.696. The van der Waals surface area contributed by atoms with E-state index in [4.69, 9.17) is 0 Å². The second kappa shape index (κ2) is 10.2. The predicted octanol–water partition coefficient (Wildman–Crippen LogP) is 3.56. The number of piperidine rings is 2. The zero-order valence-corrected chi connectivity index (χ0v) is 17.2. The molecular weight excluding hydrogens is 334 g/mol. The van der Waals surface area contributed by atoms with Crippen molar-refractivity contribution in [3.05, 3.63) is 35.4 Å². The Morgan fingerprint density at radius 2 is 1.81 bits per heavy atom. The first-order valence-corrected chi connectivity index (χ1v) is 10.9. The van der Waals surface area contributed by atoms with E-state index in [0.717, 1.165) is 25.6 Å². The van der Waals surface area contributed by atoms with Gasteiger partial charge in [0.1, 0.15) is 0 Å². The van der Waals surface area contributed by atoms with E-state index < -0.39 is 0 Å². The van der Waals surface area contributed by atoms with Crippen LogP contribution in [0.1, 0.15) is 57.1 Å². The molecule has 0 saturated carbocycles. The molecule has 2 N–H and O–H groups in total. The molecule has 0 radical (unpaired) electrons. The summed E-state index contributed by atoms with van der Waals surface area (Å²) in [6, 6.07) is 8.59. The minimum Gasteiger partial charge on any atom is -0.352 e. The molecule has 0 bridgehead atoms. The Morgan fingerprint density at radius 3 is 2.52 bits per heavy atom. The topological polar surface area (TPSA) is 44.4 Å². The number of carbonyl (C=O) groups is 1. The van der Waals surface area contributed by atoms with E-state index in [0.29, 0.717) is 24.8 Å². The quantitative estimate of drug-likeness (QED) is 0.770. The first-order valence-electron chi connectivity index (χ1n) is 10.9. The monoisotopic (exact) mass is 371 g/mol. The third-order valence-electron chi connectivity index (χ3n) is 6.56. The lowest BCUT2D eigenvalue weighted by atomic mass is 9.84. The molecule has 2 saturated heterocycles. The number of nitrogens with zero attached hydrogens (tertiary/aromatic N) is 1. The molecule has 4 nitrogen and oxygen atoms in total. The summed E-state index contributed by atoms with van der Waals surface area (Å²) in [5, 5.41) is 6.59. The van der Waals surface area contributed by atoms with Crippen molar-refractivity contribution in [2.45, 2.75) is 59.0 Å². The van der Waals surface area contributed by atoms with E-state index >= 15 is 0 Å². The lowest BCUT2D eigenvalue weighted by molar-refractivity contribution is -0.122. The summed E-state index contributed by atoms with van der Waals surface area (Å²) in [5.74, 6) is 2.21. The van der Waals surface area contributed by atoms with Crippen LogP contribution in [0.4, 0.5) is 0 Å². The van der Waals surface area contributed by atoms with Gasteiger partial charge in [-0.1, -0.05) is 38.1 Å². The summed E-state index contributed by atoms with van der Waals surface area (Å²) in [5.41, 5.74) is 2.62. The van der Waals surface area contributed by atoms with E-state index in [-0.39, 0.29) is 5.91 Å². The fourth-order valence-electron chi connectivity index (χ4n) is 4.48. The number of rotatable bonds is 7. The van der Waals surface area contributed by atoms with Gasteiger partial charge in [-0.3, -0.25) is 9.69 Å². The lowest BCUT2D eigenvalue weighted by Gasteiger charge is -2.30. The van der Waals surface area contributed by atoms with Crippen LogP contribution in [0.5, 0.6) is 0 Å². The molecule has 150 valence electrons. The minimum absolute atomic E-state index is 0.197. The molecule has 1 atom stereocenters. The van der Waals surface area contributed by atoms with Crippen LogP contribution in [0.15, 0.2) is 24.3 Å². The molecule has 27 heavy (non-hydrogen) atoms. The number of benzene rings is 1. The number of carbonyl (C=O) groups excluding carboxylic acids is 1. The van der Waals surface area contributed by atoms with E-state index in [1.165, 1.54) is 49.9 Å². The number of amides is 1. The van der Waals surface area contributed by atoms with Gasteiger partial charge in [0.2, 0.25) is 5.91 Å². The van der Waals surface area contributed by atoms with E-state index in [1.54, 1.807) is 0 Å². The minimum atomic E-state index is 0.197. The highest BCUT2D eigenvalue weighted by Crippen LogP contribution is 2.24. The van der Waals surface area contributed by atoms with Gasteiger partial charge in [0.25, 0.3) is 0 Å². The molecular formula is C23H37N3O. The summed E-state index contributed by atoms with van der Waals surface area (Å²) in [6.07, 6.45) is 5.65. The van der Waals surface area contributed by atoms with Gasteiger partial charge >= 0.3 is 0 Å². The maximum Gasteiger partial charge on any atom is 0.220 e. The molecule has 0 spiro atoms. The third kappa shape index (κ3) is 6.32. The van der Waals surface area contributed by atoms with Crippen molar-refractivity contribution in [1.29, 1.82) is 0 Å². The van der Waals surface area contributed by atoms with Crippen molar-refractivity contribution >= 4 is 5.91 Å². The van der Waals surface area contributed by atoms with Crippen LogP contribution in [0, 0.1) is 17.8 Å². The maximum atomic E-state index is 12.5. The third-order valence-corrected chi connectivity index (χ3v) is 6.56. The number of hydrogen-bond acceptors (Lipinski definition) is 3. The number of hydrogen-bond donors (Lipinski definition) is 2. The van der Waals surface area contributed by atoms with Crippen molar-refractivity contribution in [1.82, 2.24) is 15.5 Å². The molecule has 3 rings (SSSR count). The normalized spacial score (nSPS) is 21.1. The Kier molecular flexibility index (Phi) is 7.71. The van der Waals surface area contributed by atoms with Gasteiger partial charge in [-0.2, -0.15) is 0 Å². The summed E-state index contributed by atoms with van der Waals surface area (Å²) in [4.78, 5) is 15.0. The van der Waals surface area contributed by atoms with Gasteiger partial charge < -0.3 is 10.6 Å². The molecule has 0 aliphatic carbocycles. The second-order valence-corrected chi connectivity index (χ2v) is 8.77. The number of nitrogens with one attached hydrogen (secondary N) is 2. The standard InChI is InChI=1S/C23H37N3O/c1-18-9-13-26(14-10-18)17-22-6-4-3-5-21(22)16-25-23(27)15-19(2)20-7-11-24-12-8-20/h3-6,18-20,24H,7-17H2,1-2H3,(H,25,27). The zero-order valence-electron chi connectivity index (χ0n) is 17.2. The molecule has 1 aromatic rings. The summed E-state index contributed by atoms with van der Waals surface area (Å²) in [7, 11) is 0. The van der Waals surface area contributed by atoms with Crippen LogP contribution in [0.2, 0.25) is 0 Å². The second-order valence-electron chi connectivity index (χ2n) is 8.77. The first-order chi connectivity index (χ1) is 13.1. The molecule has 2 aliphatic heterocycles. The Morgan fingerprint density at radius 1 is 1.15 bits per heavy atom. The molecule has 2 fully saturated rings. The van der Waals surface area contributed by atoms with Gasteiger partial charge in [-0.05, 0) is 80.7 Å². The smallest absolute Gasteiger partial charge is 0.220 e. The van der Waals surface area contributed by atoms with Gasteiger partial charge in [-0.25, -0.2) is 0 Å². The van der Waals surface area contributed by atoms with Crippen molar-refractivity contribution in [2.24, 2.45) is 17.8 Å². The van der Waals surface area contributed by atoms with E-state index in [2.05, 4.69) is 53.6 Å². The van der Waals surface area contributed by atoms with E-state index in [9.17, 15) is 4.79 Å². The highest BCUT2D eigenvalue weighted by Gasteiger charge is 2.22. The first kappa shape index (κ1) is 20.3. The van der Waals surface area contributed by atoms with Crippen molar-refractivity contribution in [2.75, 3.05) is 26.2 Å². The maximum absolute atomic E-state index is 12.5. The van der Waals surface area contributed by atoms with Crippen LogP contribution in [-0.2, 0) is 17.9 Å².